The Kier molecular flexibility index (Phi) is 6.03. The van der Waals surface area contributed by atoms with Crippen molar-refractivity contribution in [2.24, 2.45) is 0 Å². The molecule has 4 aromatic rings. The van der Waals surface area contributed by atoms with Gasteiger partial charge in [-0.05, 0) is 62.2 Å². The van der Waals surface area contributed by atoms with Gasteiger partial charge in [-0.2, -0.15) is 0 Å². The van der Waals surface area contributed by atoms with Gasteiger partial charge in [0.1, 0.15) is 12.4 Å². The molecule has 0 unspecified atom stereocenters. The molecule has 1 heterocycles. The van der Waals surface area contributed by atoms with Crippen molar-refractivity contribution in [3.05, 3.63) is 94.8 Å². The number of hydrogen-bond donors (Lipinski definition) is 2. The van der Waals surface area contributed by atoms with Gasteiger partial charge in [-0.1, -0.05) is 42.0 Å². The van der Waals surface area contributed by atoms with Gasteiger partial charge in [0.05, 0.1) is 17.6 Å². The van der Waals surface area contributed by atoms with E-state index in [9.17, 15) is 9.59 Å². The summed E-state index contributed by atoms with van der Waals surface area (Å²) in [6.45, 7) is 6.28. The lowest BCUT2D eigenvalue weighted by atomic mass is 10.1. The van der Waals surface area contributed by atoms with Crippen LogP contribution in [0.5, 0.6) is 0 Å². The summed E-state index contributed by atoms with van der Waals surface area (Å²) in [4.78, 5) is 30.1. The number of aromatic nitrogens is 2. The molecule has 3 aromatic carbocycles. The van der Waals surface area contributed by atoms with Crippen LogP contribution in [0.1, 0.15) is 32.9 Å². The molecule has 4 rings (SSSR count). The van der Waals surface area contributed by atoms with Crippen molar-refractivity contribution in [2.45, 2.75) is 33.9 Å². The highest BCUT2D eigenvalue weighted by molar-refractivity contribution is 5.94. The Balaban J connectivity index is 1.55. The van der Waals surface area contributed by atoms with E-state index in [4.69, 9.17) is 0 Å². The molecule has 6 nitrogen and oxygen atoms in total. The Bertz CT molecular complexity index is 1310. The topological polar surface area (TPSA) is 76.0 Å². The van der Waals surface area contributed by atoms with Gasteiger partial charge in [0.2, 0.25) is 5.91 Å². The Morgan fingerprint density at radius 3 is 2.53 bits per heavy atom. The number of nitrogens with one attached hydrogen (secondary N) is 2. The van der Waals surface area contributed by atoms with Crippen molar-refractivity contribution >= 4 is 28.5 Å². The molecule has 0 atom stereocenters. The minimum absolute atomic E-state index is 0.101. The molecular weight excluding hydrogens is 400 g/mol. The average Bonchev–Trinajstić information content (AvgIpc) is 3.12. The van der Waals surface area contributed by atoms with Crippen LogP contribution in [-0.4, -0.2) is 21.4 Å². The van der Waals surface area contributed by atoms with E-state index in [1.165, 1.54) is 0 Å². The summed E-state index contributed by atoms with van der Waals surface area (Å²) in [5.41, 5.74) is 6.22. The lowest BCUT2D eigenvalue weighted by Gasteiger charge is -2.13. The molecule has 32 heavy (non-hydrogen) atoms. The van der Waals surface area contributed by atoms with Gasteiger partial charge in [-0.25, -0.2) is 4.98 Å². The number of anilines is 1. The third-order valence-electron chi connectivity index (χ3n) is 5.60. The maximum absolute atomic E-state index is 12.9. The number of nitrogens with zero attached hydrogens (tertiary/aromatic N) is 2. The third-order valence-corrected chi connectivity index (χ3v) is 5.60. The molecule has 2 amide bonds. The maximum atomic E-state index is 12.9. The van der Waals surface area contributed by atoms with E-state index in [2.05, 4.69) is 15.6 Å². The van der Waals surface area contributed by atoms with Crippen LogP contribution < -0.4 is 10.6 Å². The summed E-state index contributed by atoms with van der Waals surface area (Å²) in [7, 11) is 0. The second kappa shape index (κ2) is 9.06. The molecular formula is C26H26N4O2. The van der Waals surface area contributed by atoms with Crippen molar-refractivity contribution in [3.63, 3.8) is 0 Å². The molecule has 1 aromatic heterocycles. The Morgan fingerprint density at radius 2 is 1.72 bits per heavy atom. The first-order valence-corrected chi connectivity index (χ1v) is 10.6. The Morgan fingerprint density at radius 1 is 0.938 bits per heavy atom. The molecule has 162 valence electrons. The van der Waals surface area contributed by atoms with Crippen molar-refractivity contribution in [3.8, 4) is 0 Å². The highest BCUT2D eigenvalue weighted by atomic mass is 16.2. The van der Waals surface area contributed by atoms with Crippen LogP contribution in [0.25, 0.3) is 11.0 Å². The number of benzene rings is 3. The zero-order valence-electron chi connectivity index (χ0n) is 18.5. The predicted molar refractivity (Wildman–Crippen MR) is 127 cm³/mol. The third kappa shape index (κ3) is 4.54. The van der Waals surface area contributed by atoms with Crippen molar-refractivity contribution in [2.75, 3.05) is 5.32 Å². The Labute approximate surface area is 187 Å². The molecule has 0 saturated heterocycles. The maximum Gasteiger partial charge on any atom is 0.251 e. The van der Waals surface area contributed by atoms with Gasteiger partial charge in [0, 0.05) is 11.3 Å². The number of imidazole rings is 1. The molecule has 0 bridgehead atoms. The smallest absolute Gasteiger partial charge is 0.251 e. The minimum atomic E-state index is -0.174. The summed E-state index contributed by atoms with van der Waals surface area (Å²) in [6, 6.07) is 20.9. The van der Waals surface area contributed by atoms with E-state index < -0.39 is 0 Å². The highest BCUT2D eigenvalue weighted by Crippen LogP contribution is 2.20. The van der Waals surface area contributed by atoms with Crippen LogP contribution >= 0.6 is 0 Å². The van der Waals surface area contributed by atoms with E-state index in [0.29, 0.717) is 11.4 Å². The molecule has 0 aliphatic rings. The van der Waals surface area contributed by atoms with Crippen LogP contribution in [0.15, 0.2) is 66.7 Å². The van der Waals surface area contributed by atoms with Gasteiger partial charge in [-0.15, -0.1) is 0 Å². The summed E-state index contributed by atoms with van der Waals surface area (Å²) in [5, 5.41) is 5.93. The van der Waals surface area contributed by atoms with Crippen molar-refractivity contribution < 1.29 is 9.59 Å². The summed E-state index contributed by atoms with van der Waals surface area (Å²) >= 11 is 0. The molecule has 0 spiro atoms. The zero-order chi connectivity index (χ0) is 22.7. The van der Waals surface area contributed by atoms with Gasteiger partial charge >= 0.3 is 0 Å². The van der Waals surface area contributed by atoms with E-state index >= 15 is 0 Å². The largest absolute Gasteiger partial charge is 0.345 e. The molecule has 0 radical (unpaired) electrons. The zero-order valence-corrected chi connectivity index (χ0v) is 18.5. The molecule has 0 aliphatic heterocycles. The first-order valence-electron chi connectivity index (χ1n) is 10.6. The number of aryl methyl sites for hydroxylation is 2. The highest BCUT2D eigenvalue weighted by Gasteiger charge is 2.16. The van der Waals surface area contributed by atoms with Crippen molar-refractivity contribution in [1.82, 2.24) is 14.9 Å². The molecule has 0 fully saturated rings. The monoisotopic (exact) mass is 426 g/mol. The number of hydrogen-bond acceptors (Lipinski definition) is 3. The van der Waals surface area contributed by atoms with Gasteiger partial charge in [-0.3, -0.25) is 9.59 Å². The first kappa shape index (κ1) is 21.3. The van der Waals surface area contributed by atoms with E-state index in [1.807, 2.05) is 86.0 Å². The molecule has 6 heteroatoms. The quantitative estimate of drug-likeness (QED) is 0.476. The number of carbonyl (C=O) groups is 2. The number of para-hydroxylation sites is 2. The van der Waals surface area contributed by atoms with Crippen LogP contribution in [0.3, 0.4) is 0 Å². The number of rotatable bonds is 6. The fourth-order valence-corrected chi connectivity index (χ4v) is 3.70. The molecule has 0 saturated carbocycles. The fourth-order valence-electron chi connectivity index (χ4n) is 3.70. The normalized spacial score (nSPS) is 10.8. The van der Waals surface area contributed by atoms with Crippen LogP contribution in [0, 0.1) is 20.8 Å². The van der Waals surface area contributed by atoms with Gasteiger partial charge in [0.15, 0.2) is 0 Å². The predicted octanol–water partition coefficient (Wildman–Crippen LogP) is 4.53. The number of carbonyl (C=O) groups excluding carboxylic acids is 2. The summed E-state index contributed by atoms with van der Waals surface area (Å²) in [5.74, 6) is 0.309. The van der Waals surface area contributed by atoms with Gasteiger partial charge in [0.25, 0.3) is 5.91 Å². The standard InChI is InChI=1S/C26H26N4O2/c1-17-8-6-10-20(14-17)26(32)27-15-24-28-22-11-4-5-13-23(22)30(24)16-25(31)29-21-12-7-9-18(2)19(21)3/h4-14H,15-16H2,1-3H3,(H,27,32)(H,29,31). The number of fused-ring (bicyclic) bond motifs is 1. The lowest BCUT2D eigenvalue weighted by Crippen LogP contribution is -2.26. The van der Waals surface area contributed by atoms with E-state index in [0.717, 1.165) is 33.4 Å². The average molecular weight is 427 g/mol. The number of amides is 2. The first-order chi connectivity index (χ1) is 15.4. The van der Waals surface area contributed by atoms with Crippen LogP contribution in [0.4, 0.5) is 5.69 Å². The van der Waals surface area contributed by atoms with Crippen LogP contribution in [0.2, 0.25) is 0 Å². The molecule has 0 aliphatic carbocycles. The SMILES string of the molecule is Cc1cccc(C(=O)NCc2nc3ccccc3n2CC(=O)Nc2cccc(C)c2C)c1. The summed E-state index contributed by atoms with van der Waals surface area (Å²) in [6.07, 6.45) is 0. The van der Waals surface area contributed by atoms with Gasteiger partial charge < -0.3 is 15.2 Å². The summed E-state index contributed by atoms with van der Waals surface area (Å²) < 4.78 is 1.85. The second-order valence-electron chi connectivity index (χ2n) is 7.95. The van der Waals surface area contributed by atoms with Crippen LogP contribution in [-0.2, 0) is 17.9 Å². The Hall–Kier alpha value is -3.93. The lowest BCUT2D eigenvalue weighted by molar-refractivity contribution is -0.116. The molecule has 2 N–H and O–H groups in total. The minimum Gasteiger partial charge on any atom is -0.345 e. The fraction of sp³-hybridized carbons (Fsp3) is 0.192. The van der Waals surface area contributed by atoms with E-state index in [-0.39, 0.29) is 24.9 Å². The van der Waals surface area contributed by atoms with E-state index in [1.54, 1.807) is 6.07 Å². The second-order valence-corrected chi connectivity index (χ2v) is 7.95. The van der Waals surface area contributed by atoms with Crippen molar-refractivity contribution in [1.29, 1.82) is 0 Å².